The maximum Gasteiger partial charge on any atom is 0.251 e. The second kappa shape index (κ2) is 9.51. The van der Waals surface area contributed by atoms with E-state index in [0.29, 0.717) is 30.3 Å². The van der Waals surface area contributed by atoms with Gasteiger partial charge < -0.3 is 19.2 Å². The molecule has 4 aromatic rings. The zero-order chi connectivity index (χ0) is 22.5. The fourth-order valence-electron chi connectivity index (χ4n) is 3.30. The van der Waals surface area contributed by atoms with Crippen molar-refractivity contribution in [3.05, 3.63) is 89.5 Å². The molecule has 164 valence electrons. The van der Waals surface area contributed by atoms with E-state index in [1.54, 1.807) is 30.5 Å². The molecular formula is C25H26N4O3. The lowest BCUT2D eigenvalue weighted by Crippen LogP contribution is -2.23. The van der Waals surface area contributed by atoms with Crippen LogP contribution in [-0.4, -0.2) is 26.4 Å². The van der Waals surface area contributed by atoms with E-state index in [2.05, 4.69) is 15.3 Å². The highest BCUT2D eigenvalue weighted by Crippen LogP contribution is 2.18. The second-order valence-electron chi connectivity index (χ2n) is 7.78. The van der Waals surface area contributed by atoms with Crippen LogP contribution in [0, 0.1) is 6.92 Å². The van der Waals surface area contributed by atoms with Gasteiger partial charge in [-0.15, -0.1) is 0 Å². The van der Waals surface area contributed by atoms with Crippen LogP contribution in [0.15, 0.2) is 67.1 Å². The van der Waals surface area contributed by atoms with Gasteiger partial charge in [-0.1, -0.05) is 12.1 Å². The molecule has 0 atom stereocenters. The molecule has 7 heteroatoms. The average molecular weight is 431 g/mol. The molecular weight excluding hydrogens is 404 g/mol. The minimum Gasteiger partial charge on any atom is -0.487 e. The summed E-state index contributed by atoms with van der Waals surface area (Å²) in [7, 11) is 0. The summed E-state index contributed by atoms with van der Waals surface area (Å²) in [4.78, 5) is 21.4. The predicted octanol–water partition coefficient (Wildman–Crippen LogP) is 4.33. The Balaban J connectivity index is 1.34. The van der Waals surface area contributed by atoms with E-state index in [1.807, 2.05) is 61.8 Å². The standard InChI is InChI=1S/C25H26N4O3/c1-17(2)32-25-20(7-4-12-26-25)14-27-24(30)19-8-10-22(11-9-19)31-16-21-15-29-13-5-6-18(3)23(29)28-21/h4-13,15,17H,14,16H2,1-3H3,(H,27,30). The van der Waals surface area contributed by atoms with Gasteiger partial charge >= 0.3 is 0 Å². The number of nitrogens with one attached hydrogen (secondary N) is 1. The number of pyridine rings is 2. The van der Waals surface area contributed by atoms with Crippen LogP contribution >= 0.6 is 0 Å². The molecule has 3 heterocycles. The summed E-state index contributed by atoms with van der Waals surface area (Å²) in [5.74, 6) is 1.04. The number of carbonyl (C=O) groups excluding carboxylic acids is 1. The molecule has 0 aliphatic carbocycles. The highest BCUT2D eigenvalue weighted by atomic mass is 16.5. The molecule has 1 aromatic carbocycles. The highest BCUT2D eigenvalue weighted by Gasteiger charge is 2.11. The van der Waals surface area contributed by atoms with Gasteiger partial charge in [-0.3, -0.25) is 4.79 Å². The smallest absolute Gasteiger partial charge is 0.251 e. The van der Waals surface area contributed by atoms with Gasteiger partial charge in [-0.2, -0.15) is 0 Å². The van der Waals surface area contributed by atoms with Crippen LogP contribution in [0.4, 0.5) is 0 Å². The van der Waals surface area contributed by atoms with E-state index in [9.17, 15) is 4.79 Å². The first-order valence-corrected chi connectivity index (χ1v) is 10.5. The van der Waals surface area contributed by atoms with Gasteiger partial charge in [-0.25, -0.2) is 9.97 Å². The van der Waals surface area contributed by atoms with Crippen LogP contribution in [0.3, 0.4) is 0 Å². The van der Waals surface area contributed by atoms with Crippen molar-refractivity contribution in [2.45, 2.75) is 40.0 Å². The molecule has 0 aliphatic heterocycles. The first-order valence-electron chi connectivity index (χ1n) is 10.5. The molecule has 0 unspecified atom stereocenters. The number of imidazole rings is 1. The fourth-order valence-corrected chi connectivity index (χ4v) is 3.30. The van der Waals surface area contributed by atoms with E-state index < -0.39 is 0 Å². The molecule has 3 aromatic heterocycles. The van der Waals surface area contributed by atoms with Crippen molar-refractivity contribution < 1.29 is 14.3 Å². The Kier molecular flexibility index (Phi) is 6.35. The summed E-state index contributed by atoms with van der Waals surface area (Å²) in [6.07, 6.45) is 5.61. The van der Waals surface area contributed by atoms with Crippen molar-refractivity contribution in [2.24, 2.45) is 0 Å². The number of amides is 1. The lowest BCUT2D eigenvalue weighted by atomic mass is 10.2. The third-order valence-corrected chi connectivity index (χ3v) is 4.87. The Morgan fingerprint density at radius 3 is 2.69 bits per heavy atom. The molecule has 1 amide bonds. The minimum absolute atomic E-state index is 0.0106. The highest BCUT2D eigenvalue weighted by molar-refractivity contribution is 5.94. The van der Waals surface area contributed by atoms with Gasteiger partial charge in [-0.05, 0) is 62.7 Å². The molecule has 0 radical (unpaired) electrons. The molecule has 0 spiro atoms. The van der Waals surface area contributed by atoms with E-state index in [1.165, 1.54) is 0 Å². The number of aryl methyl sites for hydroxylation is 1. The van der Waals surface area contributed by atoms with Crippen LogP contribution < -0.4 is 14.8 Å². The van der Waals surface area contributed by atoms with Crippen LogP contribution in [0.5, 0.6) is 11.6 Å². The van der Waals surface area contributed by atoms with Gasteiger partial charge in [0.1, 0.15) is 18.0 Å². The summed E-state index contributed by atoms with van der Waals surface area (Å²) in [5.41, 5.74) is 4.27. The maximum atomic E-state index is 12.5. The zero-order valence-electron chi connectivity index (χ0n) is 18.4. The van der Waals surface area contributed by atoms with Gasteiger partial charge in [0, 0.05) is 36.3 Å². The quantitative estimate of drug-likeness (QED) is 0.450. The Hall–Kier alpha value is -3.87. The molecule has 0 aliphatic rings. The topological polar surface area (TPSA) is 77.8 Å². The number of fused-ring (bicyclic) bond motifs is 1. The second-order valence-corrected chi connectivity index (χ2v) is 7.78. The third-order valence-electron chi connectivity index (χ3n) is 4.87. The van der Waals surface area contributed by atoms with E-state index in [0.717, 1.165) is 22.5 Å². The van der Waals surface area contributed by atoms with Gasteiger partial charge in [0.2, 0.25) is 5.88 Å². The Morgan fingerprint density at radius 1 is 1.12 bits per heavy atom. The van der Waals surface area contributed by atoms with Gasteiger partial charge in [0.25, 0.3) is 5.91 Å². The Labute approximate surface area is 187 Å². The fraction of sp³-hybridized carbons (Fsp3) is 0.240. The van der Waals surface area contributed by atoms with Crippen LogP contribution in [0.25, 0.3) is 5.65 Å². The molecule has 1 N–H and O–H groups in total. The first kappa shape index (κ1) is 21.4. The zero-order valence-corrected chi connectivity index (χ0v) is 18.4. The van der Waals surface area contributed by atoms with Crippen molar-refractivity contribution in [3.8, 4) is 11.6 Å². The molecule has 4 rings (SSSR count). The molecule has 32 heavy (non-hydrogen) atoms. The molecule has 0 saturated carbocycles. The van der Waals surface area contributed by atoms with E-state index >= 15 is 0 Å². The Bertz CT molecular complexity index is 1220. The van der Waals surface area contributed by atoms with Crippen molar-refractivity contribution in [1.82, 2.24) is 19.7 Å². The van der Waals surface area contributed by atoms with Crippen LogP contribution in [-0.2, 0) is 13.2 Å². The summed E-state index contributed by atoms with van der Waals surface area (Å²) in [6, 6.07) is 14.8. The van der Waals surface area contributed by atoms with Crippen molar-refractivity contribution >= 4 is 11.6 Å². The SMILES string of the molecule is Cc1cccn2cc(COc3ccc(C(=O)NCc4cccnc4OC(C)C)cc3)nc12. The van der Waals surface area contributed by atoms with Crippen molar-refractivity contribution in [2.75, 3.05) is 0 Å². The number of hydrogen-bond acceptors (Lipinski definition) is 5. The molecule has 7 nitrogen and oxygen atoms in total. The molecule has 0 saturated heterocycles. The van der Waals surface area contributed by atoms with Crippen molar-refractivity contribution in [3.63, 3.8) is 0 Å². The van der Waals surface area contributed by atoms with Gasteiger partial charge in [0.15, 0.2) is 0 Å². The third kappa shape index (κ3) is 5.06. The lowest BCUT2D eigenvalue weighted by molar-refractivity contribution is 0.0950. The minimum atomic E-state index is -0.174. The number of rotatable bonds is 8. The number of nitrogens with zero attached hydrogens (tertiary/aromatic N) is 3. The number of carbonyl (C=O) groups is 1. The van der Waals surface area contributed by atoms with E-state index in [4.69, 9.17) is 9.47 Å². The number of aromatic nitrogens is 3. The van der Waals surface area contributed by atoms with Crippen LogP contribution in [0.2, 0.25) is 0 Å². The predicted molar refractivity (Wildman–Crippen MR) is 122 cm³/mol. The number of ether oxygens (including phenoxy) is 2. The van der Waals surface area contributed by atoms with Crippen molar-refractivity contribution in [1.29, 1.82) is 0 Å². The summed E-state index contributed by atoms with van der Waals surface area (Å²) < 4.78 is 13.5. The first-order chi connectivity index (χ1) is 15.5. The number of hydrogen-bond donors (Lipinski definition) is 1. The molecule has 0 bridgehead atoms. The number of benzene rings is 1. The van der Waals surface area contributed by atoms with E-state index in [-0.39, 0.29) is 12.0 Å². The molecule has 0 fully saturated rings. The maximum absolute atomic E-state index is 12.5. The van der Waals surface area contributed by atoms with Crippen LogP contribution in [0.1, 0.15) is 41.0 Å². The average Bonchev–Trinajstić information content (AvgIpc) is 3.21. The normalized spacial score (nSPS) is 11.0. The summed E-state index contributed by atoms with van der Waals surface area (Å²) >= 11 is 0. The lowest BCUT2D eigenvalue weighted by Gasteiger charge is -2.13. The summed E-state index contributed by atoms with van der Waals surface area (Å²) in [6.45, 7) is 6.60. The largest absolute Gasteiger partial charge is 0.487 e. The monoisotopic (exact) mass is 430 g/mol. The van der Waals surface area contributed by atoms with Gasteiger partial charge in [0.05, 0.1) is 11.8 Å². The summed E-state index contributed by atoms with van der Waals surface area (Å²) in [5, 5.41) is 2.91. The Morgan fingerprint density at radius 2 is 1.94 bits per heavy atom.